The summed E-state index contributed by atoms with van der Waals surface area (Å²) in [5.41, 5.74) is -5.67. The molecule has 3 heterocycles. The van der Waals surface area contributed by atoms with E-state index in [1.54, 1.807) is 51.1 Å². The molecule has 15 heteroatoms. The van der Waals surface area contributed by atoms with Crippen LogP contribution in [0.2, 0.25) is 0 Å². The highest BCUT2D eigenvalue weighted by Gasteiger charge is 2.61. The van der Waals surface area contributed by atoms with E-state index in [4.69, 9.17) is 13.9 Å². The minimum Gasteiger partial charge on any atom is -0.444 e. The summed E-state index contributed by atoms with van der Waals surface area (Å²) < 4.78 is 103. The zero-order valence-electron chi connectivity index (χ0n) is 22.9. The second kappa shape index (κ2) is 12.1. The maximum Gasteiger partial charge on any atom is 0.426 e. The Morgan fingerprint density at radius 3 is 2.40 bits per heavy atom. The summed E-state index contributed by atoms with van der Waals surface area (Å²) in [5, 5.41) is 9.11. The smallest absolute Gasteiger partial charge is 0.426 e. The number of pyridine rings is 1. The highest BCUT2D eigenvalue weighted by molar-refractivity contribution is 7.99. The summed E-state index contributed by atoms with van der Waals surface area (Å²) in [6, 6.07) is 8.84. The van der Waals surface area contributed by atoms with E-state index in [1.807, 2.05) is 0 Å². The molecular weight excluding hydrogens is 590 g/mol. The summed E-state index contributed by atoms with van der Waals surface area (Å²) in [4.78, 5) is 16.6. The van der Waals surface area contributed by atoms with Crippen molar-refractivity contribution in [2.75, 3.05) is 11.1 Å². The molecule has 1 atom stereocenters. The minimum atomic E-state index is -5.00. The number of carbonyl (C=O) groups excluding carboxylic acids is 1. The van der Waals surface area contributed by atoms with E-state index < -0.39 is 76.4 Å². The largest absolute Gasteiger partial charge is 0.444 e. The molecule has 4 bridgehead atoms. The fourth-order valence-corrected chi connectivity index (χ4v) is 5.18. The lowest BCUT2D eigenvalue weighted by molar-refractivity contribution is -0.300. The molecular formula is C27H28F6N4O4S. The quantitative estimate of drug-likeness (QED) is 0.293. The lowest BCUT2D eigenvalue weighted by Crippen LogP contribution is -2.45. The molecule has 0 spiro atoms. The molecule has 0 fully saturated rings. The Kier molecular flexibility index (Phi) is 9.11. The van der Waals surface area contributed by atoms with Crippen LogP contribution in [0.15, 0.2) is 45.8 Å². The molecule has 8 nitrogen and oxygen atoms in total. The molecule has 1 aliphatic rings. The van der Waals surface area contributed by atoms with Gasteiger partial charge in [-0.25, -0.2) is 9.78 Å². The third-order valence-electron chi connectivity index (χ3n) is 6.10. The van der Waals surface area contributed by atoms with Crippen molar-refractivity contribution >= 4 is 23.5 Å². The molecule has 228 valence electrons. The van der Waals surface area contributed by atoms with Gasteiger partial charge in [0.15, 0.2) is 5.69 Å². The number of benzene rings is 1. The number of ether oxygens (including phenoxy) is 2. The van der Waals surface area contributed by atoms with Crippen LogP contribution in [0, 0.1) is 0 Å². The first-order valence-electron chi connectivity index (χ1n) is 12.9. The molecule has 0 radical (unpaired) electrons. The highest BCUT2D eigenvalue weighted by atomic mass is 32.2. The standard InChI is InChI=1S/C27H28F6N4O4S/c1-24(2,3)41-23(38)34-18-14-17(26(28,29)30)21-35-19(18)20-36-37-22(40-20)25(27(31,32)33,12-8-5-9-13-42-21)39-15-16-10-6-4-7-11-16/h4,6-7,10-11,14H,5,8-9,12-13,15H2,1-3H3,(H,34,38). The van der Waals surface area contributed by atoms with Gasteiger partial charge in [0.05, 0.1) is 17.9 Å². The minimum absolute atomic E-state index is 0.00909. The van der Waals surface area contributed by atoms with Crippen LogP contribution >= 0.6 is 11.8 Å². The number of aromatic nitrogens is 3. The van der Waals surface area contributed by atoms with Crippen molar-refractivity contribution in [2.24, 2.45) is 0 Å². The number of hydrogen-bond acceptors (Lipinski definition) is 8. The number of carbonyl (C=O) groups is 1. The summed E-state index contributed by atoms with van der Waals surface area (Å²) in [7, 11) is 0. The van der Waals surface area contributed by atoms with Crippen molar-refractivity contribution in [2.45, 2.75) is 81.6 Å². The zero-order valence-corrected chi connectivity index (χ0v) is 23.7. The second-order valence-corrected chi connectivity index (χ2v) is 11.6. The SMILES string of the molecule is CC(C)(C)OC(=O)Nc1cc(C(F)(F)F)c2nc1-c1nnc(o1)C(OCc1ccccc1)(C(F)(F)F)CCCCCS2. The Morgan fingerprint density at radius 2 is 1.76 bits per heavy atom. The van der Waals surface area contributed by atoms with Crippen LogP contribution < -0.4 is 5.32 Å². The van der Waals surface area contributed by atoms with Gasteiger partial charge in [0.2, 0.25) is 5.60 Å². The summed E-state index contributed by atoms with van der Waals surface area (Å²) in [5.74, 6) is -1.42. The van der Waals surface area contributed by atoms with Gasteiger partial charge in [0.1, 0.15) is 10.6 Å². The van der Waals surface area contributed by atoms with Crippen molar-refractivity contribution < 1.29 is 45.0 Å². The zero-order chi connectivity index (χ0) is 30.8. The van der Waals surface area contributed by atoms with Gasteiger partial charge in [0, 0.05) is 0 Å². The van der Waals surface area contributed by atoms with Crippen LogP contribution in [-0.2, 0) is 27.9 Å². The van der Waals surface area contributed by atoms with Crippen molar-refractivity contribution in [3.63, 3.8) is 0 Å². The number of rotatable bonds is 4. The predicted molar refractivity (Wildman–Crippen MR) is 141 cm³/mol. The molecule has 1 amide bonds. The van der Waals surface area contributed by atoms with E-state index >= 15 is 0 Å². The first-order chi connectivity index (χ1) is 19.6. The topological polar surface area (TPSA) is 99.4 Å². The molecule has 42 heavy (non-hydrogen) atoms. The number of hydrogen-bond donors (Lipinski definition) is 1. The number of halogens is 6. The number of thioether (sulfide) groups is 1. The van der Waals surface area contributed by atoms with Crippen LogP contribution in [0.3, 0.4) is 0 Å². The number of fused-ring (bicyclic) bond motifs is 5. The van der Waals surface area contributed by atoms with Gasteiger partial charge in [-0.05, 0) is 57.4 Å². The van der Waals surface area contributed by atoms with Crippen LogP contribution in [0.1, 0.15) is 63.5 Å². The first-order valence-corrected chi connectivity index (χ1v) is 13.9. The van der Waals surface area contributed by atoms with Crippen molar-refractivity contribution in [3.05, 3.63) is 53.4 Å². The van der Waals surface area contributed by atoms with Crippen molar-refractivity contribution in [1.82, 2.24) is 15.2 Å². The molecule has 1 aromatic carbocycles. The number of nitrogens with zero attached hydrogens (tertiary/aromatic N) is 3. The van der Waals surface area contributed by atoms with Gasteiger partial charge in [-0.1, -0.05) is 36.8 Å². The molecule has 4 rings (SSSR count). The number of anilines is 1. The average molecular weight is 619 g/mol. The molecule has 2 aromatic heterocycles. The van der Waals surface area contributed by atoms with Crippen LogP contribution in [-0.4, -0.2) is 38.8 Å². The highest BCUT2D eigenvalue weighted by Crippen LogP contribution is 2.48. The van der Waals surface area contributed by atoms with E-state index in [-0.39, 0.29) is 18.6 Å². The van der Waals surface area contributed by atoms with Gasteiger partial charge in [-0.2, -0.15) is 26.3 Å². The number of alkyl halides is 6. The van der Waals surface area contributed by atoms with Crippen LogP contribution in [0.25, 0.3) is 11.6 Å². The lowest BCUT2D eigenvalue weighted by atomic mass is 9.94. The van der Waals surface area contributed by atoms with Gasteiger partial charge in [-0.15, -0.1) is 22.0 Å². The van der Waals surface area contributed by atoms with Crippen molar-refractivity contribution in [3.8, 4) is 11.6 Å². The molecule has 0 saturated carbocycles. The Bertz CT molecular complexity index is 1390. The van der Waals surface area contributed by atoms with E-state index in [1.165, 1.54) is 0 Å². The Hall–Kier alpha value is -3.33. The Labute approximate surface area is 241 Å². The molecule has 0 saturated heterocycles. The lowest BCUT2D eigenvalue weighted by Gasteiger charge is -2.32. The Balaban J connectivity index is 1.86. The maximum absolute atomic E-state index is 14.8. The number of nitrogens with one attached hydrogen (secondary N) is 1. The normalized spacial score (nSPS) is 18.4. The van der Waals surface area contributed by atoms with Gasteiger partial charge in [0.25, 0.3) is 11.8 Å². The van der Waals surface area contributed by atoms with E-state index in [0.717, 1.165) is 11.8 Å². The van der Waals surface area contributed by atoms with Gasteiger partial charge >= 0.3 is 18.4 Å². The van der Waals surface area contributed by atoms with Gasteiger partial charge in [-0.3, -0.25) is 5.32 Å². The summed E-state index contributed by atoms with van der Waals surface area (Å²) in [6.45, 7) is 4.21. The second-order valence-electron chi connectivity index (χ2n) is 10.5. The monoisotopic (exact) mass is 618 g/mol. The Morgan fingerprint density at radius 1 is 1.05 bits per heavy atom. The molecule has 1 aliphatic heterocycles. The predicted octanol–water partition coefficient (Wildman–Crippen LogP) is 8.14. The fourth-order valence-electron chi connectivity index (χ4n) is 4.15. The fraction of sp³-hybridized carbons (Fsp3) is 0.481. The molecule has 1 unspecified atom stereocenters. The summed E-state index contributed by atoms with van der Waals surface area (Å²) >= 11 is 0.785. The molecule has 0 aliphatic carbocycles. The van der Waals surface area contributed by atoms with E-state index in [9.17, 15) is 31.1 Å². The third-order valence-corrected chi connectivity index (χ3v) is 7.18. The average Bonchev–Trinajstić information content (AvgIpc) is 3.36. The molecule has 3 aromatic rings. The first kappa shape index (κ1) is 31.6. The maximum atomic E-state index is 14.8. The van der Waals surface area contributed by atoms with E-state index in [0.29, 0.717) is 18.1 Å². The van der Waals surface area contributed by atoms with Crippen LogP contribution in [0.5, 0.6) is 0 Å². The third kappa shape index (κ3) is 7.35. The van der Waals surface area contributed by atoms with E-state index in [2.05, 4.69) is 20.5 Å². The summed E-state index contributed by atoms with van der Waals surface area (Å²) in [6.07, 6.45) is -11.0. The van der Waals surface area contributed by atoms with Crippen LogP contribution in [0.4, 0.5) is 36.8 Å². The number of amides is 1. The van der Waals surface area contributed by atoms with Crippen molar-refractivity contribution in [1.29, 1.82) is 0 Å². The van der Waals surface area contributed by atoms with Gasteiger partial charge < -0.3 is 13.9 Å². The molecule has 1 N–H and O–H groups in total.